The Balaban J connectivity index is 0.000000240. The Kier molecular flexibility index (Phi) is 37.4. The highest BCUT2D eigenvalue weighted by atomic mass is 14.1. The van der Waals surface area contributed by atoms with E-state index in [4.69, 9.17) is 0 Å². The normalized spacial score (nSPS) is 24.0. The first kappa shape index (κ1) is 42.0. The average Bonchev–Trinajstić information content (AvgIpc) is 3.51. The molecule has 12 fully saturated rings. The molecule has 0 unspecified atom stereocenters. The lowest BCUT2D eigenvalue weighted by molar-refractivity contribution is 0.504. The number of rotatable bonds is 0. The van der Waals surface area contributed by atoms with Gasteiger partial charge in [0.15, 0.2) is 0 Å². The van der Waals surface area contributed by atoms with Gasteiger partial charge in [-0.2, -0.15) is 0 Å². The monoisotopic (exact) mass is 617 g/mol. The zero-order chi connectivity index (χ0) is 31.1. The molecule has 12 saturated carbocycles. The van der Waals surface area contributed by atoms with Crippen molar-refractivity contribution in [1.29, 1.82) is 0 Å². The van der Waals surface area contributed by atoms with Gasteiger partial charge in [0.05, 0.1) is 0 Å². The van der Waals surface area contributed by atoms with E-state index in [1.54, 1.807) is 0 Å². The summed E-state index contributed by atoms with van der Waals surface area (Å²) in [5, 5.41) is 0. The fraction of sp³-hybridized carbons (Fsp3) is 1.00. The van der Waals surface area contributed by atoms with E-state index >= 15 is 0 Å². The molecule has 0 heterocycles. The van der Waals surface area contributed by atoms with Gasteiger partial charge in [-0.1, -0.05) is 283 Å². The lowest BCUT2D eigenvalue weighted by Gasteiger charge is -2.05. The van der Waals surface area contributed by atoms with E-state index in [2.05, 4.69) is 0 Å². The fourth-order valence-corrected chi connectivity index (χ4v) is 2.00. The van der Waals surface area contributed by atoms with Crippen LogP contribution in [-0.2, 0) is 0 Å². The Bertz CT molecular complexity index is 277. The van der Waals surface area contributed by atoms with Gasteiger partial charge in [-0.05, 0) is 0 Å². The van der Waals surface area contributed by atoms with Crippen LogP contribution in [0.2, 0.25) is 0 Å². The SMILES string of the molecule is C1CC1.C1CC1.C1CC1.C1CC1.C1CCC1.C1CCC1.C1CCC1.C1CCC1.C1CCC1.C1CCC1.C1CCC1.C1CCC1. The lowest BCUT2D eigenvalue weighted by atomic mass is 10.0. The highest BCUT2D eigenvalue weighted by Gasteiger charge is 1.99. The maximum absolute atomic E-state index is 1.50. The second kappa shape index (κ2) is 39.2. The molecule has 0 bridgehead atoms. The zero-order valence-corrected chi connectivity index (χ0v) is 31.1. The molecule has 0 amide bonds. The van der Waals surface area contributed by atoms with Crippen LogP contribution in [0.5, 0.6) is 0 Å². The standard InChI is InChI=1S/8C4H8.4C3H6/c8*1-2-4-3-1;4*1-2-3-1/h8*1-4H2;4*1-3H2. The summed E-state index contributed by atoms with van der Waals surface area (Å²) in [5.41, 5.74) is 0. The van der Waals surface area contributed by atoms with Gasteiger partial charge in [0, 0.05) is 0 Å². The van der Waals surface area contributed by atoms with Gasteiger partial charge < -0.3 is 0 Å². The van der Waals surface area contributed by atoms with Crippen molar-refractivity contribution >= 4 is 0 Å². The molecule has 12 rings (SSSR count). The van der Waals surface area contributed by atoms with Gasteiger partial charge in [0.1, 0.15) is 0 Å². The minimum atomic E-state index is 1.50. The van der Waals surface area contributed by atoms with Crippen molar-refractivity contribution in [2.75, 3.05) is 0 Å². The molecule has 0 saturated heterocycles. The predicted molar refractivity (Wildman–Crippen MR) is 203 cm³/mol. The average molecular weight is 617 g/mol. The largest absolute Gasteiger partial charge is 0.0533 e. The Labute approximate surface area is 281 Å². The van der Waals surface area contributed by atoms with E-state index in [9.17, 15) is 0 Å². The lowest BCUT2D eigenvalue weighted by Crippen LogP contribution is -1.85. The molecular formula is C44H88. The quantitative estimate of drug-likeness (QED) is 0.254. The third kappa shape index (κ3) is 54.5. The van der Waals surface area contributed by atoms with Gasteiger partial charge in [-0.25, -0.2) is 0 Å². The van der Waals surface area contributed by atoms with Crippen LogP contribution in [0.1, 0.15) is 283 Å². The summed E-state index contributed by atoms with van der Waals surface area (Å²) in [6, 6.07) is 0. The molecular weight excluding hydrogens is 528 g/mol. The predicted octanol–water partition coefficient (Wildman–Crippen LogP) is 17.2. The maximum Gasteiger partial charge on any atom is -0.0533 e. The first-order valence-corrected chi connectivity index (χ1v) is 22.0. The Morgan fingerprint density at radius 3 is 0.0682 bits per heavy atom. The molecule has 0 nitrogen and oxygen atoms in total. The summed E-state index contributed by atoms with van der Waals surface area (Å²) >= 11 is 0. The molecule has 0 aliphatic heterocycles. The van der Waals surface area contributed by atoms with E-state index < -0.39 is 0 Å². The molecule has 0 atom stereocenters. The summed E-state index contributed by atoms with van der Waals surface area (Å²) in [4.78, 5) is 0. The summed E-state index contributed by atoms with van der Waals surface area (Å²) in [5.74, 6) is 0. The molecule has 12 aliphatic rings. The highest BCUT2D eigenvalue weighted by molar-refractivity contribution is 4.54. The molecule has 44 heavy (non-hydrogen) atoms. The number of hydrogen-bond donors (Lipinski definition) is 0. The molecule has 0 spiro atoms. The fourth-order valence-electron chi connectivity index (χ4n) is 2.00. The molecule has 0 aromatic carbocycles. The smallest absolute Gasteiger partial charge is 0.0533 e. The maximum atomic E-state index is 1.50. The van der Waals surface area contributed by atoms with E-state index in [1.165, 1.54) is 283 Å². The summed E-state index contributed by atoms with van der Waals surface area (Å²) in [7, 11) is 0. The Morgan fingerprint density at radius 1 is 0.0455 bits per heavy atom. The van der Waals surface area contributed by atoms with Crippen LogP contribution >= 0.6 is 0 Å². The zero-order valence-electron chi connectivity index (χ0n) is 31.1. The number of hydrogen-bond acceptors (Lipinski definition) is 0. The molecule has 0 heteroatoms. The third-order valence-corrected chi connectivity index (χ3v) is 9.41. The summed E-state index contributed by atoms with van der Waals surface area (Å²) in [6.07, 6.45) is 66.0. The molecule has 264 valence electrons. The molecule has 12 aliphatic carbocycles. The molecule has 0 aromatic heterocycles. The minimum Gasteiger partial charge on any atom is -0.0533 e. The van der Waals surface area contributed by atoms with Gasteiger partial charge >= 0.3 is 0 Å². The van der Waals surface area contributed by atoms with Crippen LogP contribution in [0, 0.1) is 0 Å². The van der Waals surface area contributed by atoms with Crippen LogP contribution in [0.25, 0.3) is 0 Å². The second-order valence-corrected chi connectivity index (χ2v) is 15.6. The van der Waals surface area contributed by atoms with Gasteiger partial charge in [-0.15, -0.1) is 0 Å². The highest BCUT2D eigenvalue weighted by Crippen LogP contribution is 2.19. The van der Waals surface area contributed by atoms with Crippen molar-refractivity contribution < 1.29 is 0 Å². The summed E-state index contributed by atoms with van der Waals surface area (Å²) in [6.45, 7) is 0. The van der Waals surface area contributed by atoms with Crippen molar-refractivity contribution in [3.63, 3.8) is 0 Å². The first-order valence-electron chi connectivity index (χ1n) is 22.0. The van der Waals surface area contributed by atoms with E-state index in [0.29, 0.717) is 0 Å². The van der Waals surface area contributed by atoms with Crippen LogP contribution in [0.4, 0.5) is 0 Å². The molecule has 0 aromatic rings. The van der Waals surface area contributed by atoms with Crippen molar-refractivity contribution in [2.24, 2.45) is 0 Å². The third-order valence-electron chi connectivity index (χ3n) is 9.41. The van der Waals surface area contributed by atoms with E-state index in [-0.39, 0.29) is 0 Å². The van der Waals surface area contributed by atoms with Crippen LogP contribution in [-0.4, -0.2) is 0 Å². The Morgan fingerprint density at radius 2 is 0.0682 bits per heavy atom. The minimum absolute atomic E-state index is 1.50. The van der Waals surface area contributed by atoms with Crippen LogP contribution in [0.3, 0.4) is 0 Å². The van der Waals surface area contributed by atoms with Crippen molar-refractivity contribution in [2.45, 2.75) is 283 Å². The van der Waals surface area contributed by atoms with Crippen LogP contribution < -0.4 is 0 Å². The van der Waals surface area contributed by atoms with Gasteiger partial charge in [0.2, 0.25) is 0 Å². The second-order valence-electron chi connectivity index (χ2n) is 15.6. The van der Waals surface area contributed by atoms with Crippen molar-refractivity contribution in [3.05, 3.63) is 0 Å². The Hall–Kier alpha value is 0. The topological polar surface area (TPSA) is 0 Å². The molecule has 0 radical (unpaired) electrons. The van der Waals surface area contributed by atoms with E-state index in [1.807, 2.05) is 0 Å². The van der Waals surface area contributed by atoms with Gasteiger partial charge in [0.25, 0.3) is 0 Å². The van der Waals surface area contributed by atoms with Crippen LogP contribution in [0.15, 0.2) is 0 Å². The van der Waals surface area contributed by atoms with E-state index in [0.717, 1.165) is 0 Å². The first-order chi connectivity index (χ1) is 22.0. The van der Waals surface area contributed by atoms with Gasteiger partial charge in [-0.3, -0.25) is 0 Å². The van der Waals surface area contributed by atoms with Crippen molar-refractivity contribution in [3.8, 4) is 0 Å². The van der Waals surface area contributed by atoms with Crippen molar-refractivity contribution in [1.82, 2.24) is 0 Å². The molecule has 0 N–H and O–H groups in total. The summed E-state index contributed by atoms with van der Waals surface area (Å²) < 4.78 is 0.